The SMILES string of the molecule is COC(=O)C1CN=C(OC)CC12CCC2. The van der Waals surface area contributed by atoms with Crippen LogP contribution in [0.25, 0.3) is 0 Å². The van der Waals surface area contributed by atoms with E-state index in [-0.39, 0.29) is 17.3 Å². The molecular weight excluding hydrogens is 194 g/mol. The van der Waals surface area contributed by atoms with Crippen molar-refractivity contribution in [2.24, 2.45) is 16.3 Å². The van der Waals surface area contributed by atoms with E-state index in [1.165, 1.54) is 13.5 Å². The van der Waals surface area contributed by atoms with Gasteiger partial charge in [0.05, 0.1) is 26.7 Å². The van der Waals surface area contributed by atoms with Gasteiger partial charge in [-0.1, -0.05) is 6.42 Å². The minimum atomic E-state index is -0.117. The van der Waals surface area contributed by atoms with E-state index in [2.05, 4.69) is 4.99 Å². The first kappa shape index (κ1) is 10.5. The summed E-state index contributed by atoms with van der Waals surface area (Å²) < 4.78 is 10.0. The van der Waals surface area contributed by atoms with Crippen molar-refractivity contribution in [1.29, 1.82) is 0 Å². The van der Waals surface area contributed by atoms with Crippen molar-refractivity contribution < 1.29 is 14.3 Å². The van der Waals surface area contributed by atoms with Gasteiger partial charge in [-0.2, -0.15) is 0 Å². The molecule has 1 spiro atoms. The molecule has 15 heavy (non-hydrogen) atoms. The van der Waals surface area contributed by atoms with Crippen LogP contribution in [-0.2, 0) is 14.3 Å². The summed E-state index contributed by atoms with van der Waals surface area (Å²) in [6.07, 6.45) is 4.18. The van der Waals surface area contributed by atoms with Crippen LogP contribution in [0.2, 0.25) is 0 Å². The second-order valence-corrected chi connectivity index (χ2v) is 4.41. The van der Waals surface area contributed by atoms with E-state index in [4.69, 9.17) is 9.47 Å². The van der Waals surface area contributed by atoms with Crippen LogP contribution in [0.1, 0.15) is 25.7 Å². The predicted octanol–water partition coefficient (Wildman–Crippen LogP) is 1.39. The highest BCUT2D eigenvalue weighted by Gasteiger charge is 2.50. The molecule has 0 aromatic carbocycles. The Morgan fingerprint density at radius 2 is 2.20 bits per heavy atom. The monoisotopic (exact) mass is 211 g/mol. The van der Waals surface area contributed by atoms with Gasteiger partial charge in [-0.15, -0.1) is 0 Å². The summed E-state index contributed by atoms with van der Waals surface area (Å²) in [5.41, 5.74) is 0.0835. The van der Waals surface area contributed by atoms with Gasteiger partial charge in [0, 0.05) is 6.42 Å². The number of hydrogen-bond acceptors (Lipinski definition) is 4. The maximum Gasteiger partial charge on any atom is 0.311 e. The summed E-state index contributed by atoms with van der Waals surface area (Å²) in [6.45, 7) is 0.524. The maximum atomic E-state index is 11.6. The van der Waals surface area contributed by atoms with Gasteiger partial charge in [0.2, 0.25) is 0 Å². The first-order valence-electron chi connectivity index (χ1n) is 5.37. The van der Waals surface area contributed by atoms with E-state index in [0.29, 0.717) is 6.54 Å². The van der Waals surface area contributed by atoms with Gasteiger partial charge in [0.15, 0.2) is 5.90 Å². The predicted molar refractivity (Wildman–Crippen MR) is 55.7 cm³/mol. The normalized spacial score (nSPS) is 27.9. The molecule has 0 saturated heterocycles. The number of nitrogens with zero attached hydrogens (tertiary/aromatic N) is 1. The van der Waals surface area contributed by atoms with Crippen LogP contribution in [0.3, 0.4) is 0 Å². The largest absolute Gasteiger partial charge is 0.484 e. The molecule has 1 aliphatic heterocycles. The van der Waals surface area contributed by atoms with Crippen molar-refractivity contribution in [1.82, 2.24) is 0 Å². The maximum absolute atomic E-state index is 11.6. The van der Waals surface area contributed by atoms with Gasteiger partial charge >= 0.3 is 5.97 Å². The number of ether oxygens (including phenoxy) is 2. The molecule has 4 heteroatoms. The zero-order valence-electron chi connectivity index (χ0n) is 9.28. The average Bonchev–Trinajstić information content (AvgIpc) is 2.25. The van der Waals surface area contributed by atoms with Crippen molar-refractivity contribution in [3.63, 3.8) is 0 Å². The fourth-order valence-corrected chi connectivity index (χ4v) is 2.63. The molecule has 0 radical (unpaired) electrons. The summed E-state index contributed by atoms with van der Waals surface area (Å²) in [5.74, 6) is 0.610. The quantitative estimate of drug-likeness (QED) is 0.616. The van der Waals surface area contributed by atoms with E-state index in [1.54, 1.807) is 7.11 Å². The molecule has 2 aliphatic rings. The molecule has 4 nitrogen and oxygen atoms in total. The topological polar surface area (TPSA) is 47.9 Å². The van der Waals surface area contributed by atoms with E-state index in [9.17, 15) is 4.79 Å². The van der Waals surface area contributed by atoms with E-state index in [1.807, 2.05) is 0 Å². The van der Waals surface area contributed by atoms with Crippen LogP contribution < -0.4 is 0 Å². The Bertz CT molecular complexity index is 294. The molecule has 1 aliphatic carbocycles. The Kier molecular flexibility index (Phi) is 2.67. The minimum Gasteiger partial charge on any atom is -0.484 e. The van der Waals surface area contributed by atoms with Crippen molar-refractivity contribution in [2.75, 3.05) is 20.8 Å². The Balaban J connectivity index is 2.17. The number of rotatable bonds is 1. The summed E-state index contributed by atoms with van der Waals surface area (Å²) in [7, 11) is 3.09. The van der Waals surface area contributed by atoms with Crippen LogP contribution >= 0.6 is 0 Å². The second kappa shape index (κ2) is 3.83. The first-order valence-corrected chi connectivity index (χ1v) is 5.37. The van der Waals surface area contributed by atoms with Crippen LogP contribution in [0.4, 0.5) is 0 Å². The molecule has 1 saturated carbocycles. The Morgan fingerprint density at radius 3 is 2.67 bits per heavy atom. The van der Waals surface area contributed by atoms with Gasteiger partial charge < -0.3 is 9.47 Å². The number of carbonyl (C=O) groups is 1. The zero-order chi connectivity index (χ0) is 10.9. The van der Waals surface area contributed by atoms with Crippen molar-refractivity contribution >= 4 is 11.9 Å². The third-order valence-corrected chi connectivity index (χ3v) is 3.76. The van der Waals surface area contributed by atoms with Gasteiger partial charge in [-0.3, -0.25) is 9.79 Å². The molecule has 0 aromatic heterocycles. The van der Waals surface area contributed by atoms with Crippen LogP contribution in [0, 0.1) is 11.3 Å². The van der Waals surface area contributed by atoms with Gasteiger partial charge in [-0.05, 0) is 18.3 Å². The van der Waals surface area contributed by atoms with Crippen LogP contribution in [-0.4, -0.2) is 32.6 Å². The molecular formula is C11H17NO3. The average molecular weight is 211 g/mol. The van der Waals surface area contributed by atoms with Crippen LogP contribution in [0.15, 0.2) is 4.99 Å². The standard InChI is InChI=1S/C11H17NO3/c1-14-9-6-11(4-3-5-11)8(7-12-9)10(13)15-2/h8H,3-7H2,1-2H3. The van der Waals surface area contributed by atoms with Gasteiger partial charge in [0.25, 0.3) is 0 Å². The fraction of sp³-hybridized carbons (Fsp3) is 0.818. The highest BCUT2D eigenvalue weighted by Crippen LogP contribution is 2.52. The molecule has 0 N–H and O–H groups in total. The second-order valence-electron chi connectivity index (χ2n) is 4.41. The molecule has 1 unspecified atom stereocenters. The van der Waals surface area contributed by atoms with Crippen molar-refractivity contribution in [2.45, 2.75) is 25.7 Å². The van der Waals surface area contributed by atoms with Crippen molar-refractivity contribution in [3.05, 3.63) is 0 Å². The highest BCUT2D eigenvalue weighted by molar-refractivity contribution is 5.82. The molecule has 0 aromatic rings. The first-order chi connectivity index (χ1) is 7.22. The smallest absolute Gasteiger partial charge is 0.311 e. The number of carbonyl (C=O) groups excluding carboxylic acids is 1. The Labute approximate surface area is 89.7 Å². The summed E-state index contributed by atoms with van der Waals surface area (Å²) in [4.78, 5) is 15.9. The molecule has 1 atom stereocenters. The highest BCUT2D eigenvalue weighted by atomic mass is 16.5. The third-order valence-electron chi connectivity index (χ3n) is 3.76. The Hall–Kier alpha value is -1.06. The molecule has 1 fully saturated rings. The zero-order valence-corrected chi connectivity index (χ0v) is 9.28. The lowest BCUT2D eigenvalue weighted by Crippen LogP contribution is -2.47. The molecule has 2 rings (SSSR count). The van der Waals surface area contributed by atoms with Crippen molar-refractivity contribution in [3.8, 4) is 0 Å². The molecule has 1 heterocycles. The number of esters is 1. The lowest BCUT2D eigenvalue weighted by atomic mass is 9.58. The minimum absolute atomic E-state index is 0.0600. The van der Waals surface area contributed by atoms with Gasteiger partial charge in [0.1, 0.15) is 0 Å². The molecule has 0 amide bonds. The number of methoxy groups -OCH3 is 2. The fourth-order valence-electron chi connectivity index (χ4n) is 2.63. The summed E-state index contributed by atoms with van der Waals surface area (Å²) in [6, 6.07) is 0. The van der Waals surface area contributed by atoms with Crippen LogP contribution in [0.5, 0.6) is 0 Å². The van der Waals surface area contributed by atoms with Gasteiger partial charge in [-0.25, -0.2) is 0 Å². The lowest BCUT2D eigenvalue weighted by molar-refractivity contribution is -0.153. The lowest BCUT2D eigenvalue weighted by Gasteiger charge is -2.47. The Morgan fingerprint density at radius 1 is 1.47 bits per heavy atom. The summed E-state index contributed by atoms with van der Waals surface area (Å²) >= 11 is 0. The van der Waals surface area contributed by atoms with E-state index in [0.717, 1.165) is 25.2 Å². The number of aliphatic imine (C=N–C) groups is 1. The third kappa shape index (κ3) is 1.62. The summed E-state index contributed by atoms with van der Waals surface area (Å²) in [5, 5.41) is 0. The van der Waals surface area contributed by atoms with E-state index < -0.39 is 0 Å². The van der Waals surface area contributed by atoms with E-state index >= 15 is 0 Å². The molecule has 84 valence electrons. The number of hydrogen-bond donors (Lipinski definition) is 0. The molecule has 0 bridgehead atoms.